The number of allylic oxidation sites excluding steroid dienone is 1. The molecule has 0 bridgehead atoms. The Bertz CT molecular complexity index is 1610. The highest BCUT2D eigenvalue weighted by molar-refractivity contribution is 7.07. The van der Waals surface area contributed by atoms with E-state index >= 15 is 0 Å². The lowest BCUT2D eigenvalue weighted by atomic mass is 9.93. The van der Waals surface area contributed by atoms with Crippen LogP contribution in [0.5, 0.6) is 11.5 Å². The van der Waals surface area contributed by atoms with Gasteiger partial charge in [0.15, 0.2) is 4.80 Å². The summed E-state index contributed by atoms with van der Waals surface area (Å²) in [6, 6.07) is 11.3. The lowest BCUT2D eigenvalue weighted by Gasteiger charge is -2.30. The van der Waals surface area contributed by atoms with Gasteiger partial charge in [0.05, 0.1) is 42.7 Å². The van der Waals surface area contributed by atoms with Crippen LogP contribution in [0.25, 0.3) is 6.08 Å². The van der Waals surface area contributed by atoms with E-state index in [1.165, 1.54) is 18.4 Å². The third kappa shape index (κ3) is 5.24. The van der Waals surface area contributed by atoms with Crippen molar-refractivity contribution in [3.63, 3.8) is 0 Å². The highest BCUT2D eigenvalue weighted by atomic mass is 32.1. The summed E-state index contributed by atoms with van der Waals surface area (Å²) < 4.78 is 17.9. The fourth-order valence-corrected chi connectivity index (χ4v) is 5.65. The number of benzene rings is 2. The van der Waals surface area contributed by atoms with Crippen molar-refractivity contribution in [2.24, 2.45) is 4.99 Å². The van der Waals surface area contributed by atoms with Crippen molar-refractivity contribution >= 4 is 29.3 Å². The minimum Gasteiger partial charge on any atom is -0.497 e. The average Bonchev–Trinajstić information content (AvgIpc) is 3.26. The molecule has 0 spiro atoms. The monoisotopic (exact) mass is 549 g/mol. The first-order valence-electron chi connectivity index (χ1n) is 12.5. The molecule has 0 saturated heterocycles. The van der Waals surface area contributed by atoms with Crippen LogP contribution in [0.1, 0.15) is 48.3 Å². The number of rotatable bonds is 8. The number of thiazole rings is 1. The van der Waals surface area contributed by atoms with Crippen LogP contribution in [0.3, 0.4) is 0 Å². The Morgan fingerprint density at radius 2 is 1.74 bits per heavy atom. The number of hydrogen-bond donors (Lipinski definition) is 0. The largest absolute Gasteiger partial charge is 0.497 e. The van der Waals surface area contributed by atoms with Gasteiger partial charge in [0.1, 0.15) is 17.5 Å². The highest BCUT2D eigenvalue weighted by Gasteiger charge is 2.36. The molecule has 1 aliphatic rings. The number of carbonyl (C=O) groups excluding carboxylic acids is 2. The number of fused-ring (bicyclic) bond motifs is 1. The average molecular weight is 550 g/mol. The normalized spacial score (nSPS) is 14.9. The van der Waals surface area contributed by atoms with Gasteiger partial charge in [0.2, 0.25) is 0 Å². The van der Waals surface area contributed by atoms with Gasteiger partial charge in [-0.1, -0.05) is 23.5 Å². The first-order chi connectivity index (χ1) is 18.8. The quantitative estimate of drug-likeness (QED) is 0.401. The van der Waals surface area contributed by atoms with Crippen LogP contribution in [0.15, 0.2) is 63.5 Å². The number of methoxy groups -OCH3 is 3. The predicted octanol–water partition coefficient (Wildman–Crippen LogP) is 2.91. The molecule has 10 heteroatoms. The molecule has 39 heavy (non-hydrogen) atoms. The Morgan fingerprint density at radius 3 is 2.33 bits per heavy atom. The van der Waals surface area contributed by atoms with Gasteiger partial charge >= 0.3 is 5.97 Å². The highest BCUT2D eigenvalue weighted by Crippen LogP contribution is 2.38. The molecular formula is C29H31N3O6S. The lowest BCUT2D eigenvalue weighted by Crippen LogP contribution is -2.43. The van der Waals surface area contributed by atoms with Gasteiger partial charge < -0.3 is 19.1 Å². The number of hydrogen-bond acceptors (Lipinski definition) is 8. The zero-order chi connectivity index (χ0) is 28.3. The molecule has 0 aliphatic carbocycles. The molecule has 1 aliphatic heterocycles. The van der Waals surface area contributed by atoms with E-state index in [9.17, 15) is 14.4 Å². The van der Waals surface area contributed by atoms with Crippen molar-refractivity contribution < 1.29 is 23.8 Å². The molecule has 2 aromatic carbocycles. The number of nitrogens with zero attached hydrogens (tertiary/aromatic N) is 3. The Balaban J connectivity index is 1.96. The van der Waals surface area contributed by atoms with Crippen LogP contribution in [0, 0.1) is 0 Å². The minimum absolute atomic E-state index is 0.191. The van der Waals surface area contributed by atoms with Gasteiger partial charge in [-0.05, 0) is 62.7 Å². The number of esters is 1. The summed E-state index contributed by atoms with van der Waals surface area (Å²) >= 11 is 1.24. The summed E-state index contributed by atoms with van der Waals surface area (Å²) in [5.41, 5.74) is 2.43. The van der Waals surface area contributed by atoms with Crippen molar-refractivity contribution in [2.45, 2.75) is 26.8 Å². The minimum atomic E-state index is -0.775. The van der Waals surface area contributed by atoms with E-state index in [2.05, 4.69) is 0 Å². The smallest absolute Gasteiger partial charge is 0.337 e. The van der Waals surface area contributed by atoms with Gasteiger partial charge in [-0.15, -0.1) is 0 Å². The Morgan fingerprint density at radius 1 is 1.05 bits per heavy atom. The summed E-state index contributed by atoms with van der Waals surface area (Å²) in [4.78, 5) is 46.5. The second-order valence-electron chi connectivity index (χ2n) is 8.78. The van der Waals surface area contributed by atoms with E-state index in [0.717, 1.165) is 5.56 Å². The number of likely N-dealkylation sites (N-methyl/N-ethyl adjacent to an activating group) is 1. The van der Waals surface area contributed by atoms with Gasteiger partial charge in [-0.2, -0.15) is 0 Å². The third-order valence-corrected chi connectivity index (χ3v) is 7.65. The number of aromatic nitrogens is 1. The fourth-order valence-electron chi connectivity index (χ4n) is 4.61. The Labute approximate surface area is 230 Å². The molecule has 1 amide bonds. The van der Waals surface area contributed by atoms with Crippen LogP contribution in [0.4, 0.5) is 0 Å². The van der Waals surface area contributed by atoms with Crippen molar-refractivity contribution in [3.05, 3.63) is 90.1 Å². The van der Waals surface area contributed by atoms with Crippen LogP contribution in [-0.2, 0) is 9.53 Å². The van der Waals surface area contributed by atoms with Crippen LogP contribution in [-0.4, -0.2) is 55.8 Å². The lowest BCUT2D eigenvalue weighted by molar-refractivity contribution is -0.127. The van der Waals surface area contributed by atoms with E-state index in [4.69, 9.17) is 19.2 Å². The maximum absolute atomic E-state index is 13.9. The fraction of sp³-hybridized carbons (Fsp3) is 0.310. The van der Waals surface area contributed by atoms with Gasteiger partial charge in [-0.3, -0.25) is 14.2 Å². The SMILES string of the molecule is CCN(CC)C(=O)C1=C(C)N=c2s/c(=C/c3ccc(C(=O)OC)cc3)c(=O)n2[C@@H]1c1cc(OC)ccc1OC. The summed E-state index contributed by atoms with van der Waals surface area (Å²) in [5.74, 6) is 0.467. The molecule has 1 aromatic heterocycles. The second-order valence-corrected chi connectivity index (χ2v) is 9.79. The van der Waals surface area contributed by atoms with Gasteiger partial charge in [0.25, 0.3) is 11.5 Å². The molecular weight excluding hydrogens is 518 g/mol. The maximum atomic E-state index is 13.9. The molecule has 0 saturated carbocycles. The maximum Gasteiger partial charge on any atom is 0.337 e. The Kier molecular flexibility index (Phi) is 8.35. The third-order valence-electron chi connectivity index (χ3n) is 6.66. The van der Waals surface area contributed by atoms with Crippen LogP contribution in [0.2, 0.25) is 0 Å². The first-order valence-corrected chi connectivity index (χ1v) is 13.3. The molecule has 4 rings (SSSR count). The van der Waals surface area contributed by atoms with Crippen molar-refractivity contribution in [3.8, 4) is 11.5 Å². The molecule has 0 radical (unpaired) electrons. The molecule has 204 valence electrons. The van der Waals surface area contributed by atoms with E-state index < -0.39 is 12.0 Å². The molecule has 1 atom stereocenters. The summed E-state index contributed by atoms with van der Waals surface area (Å²) in [6.45, 7) is 6.65. The molecule has 9 nitrogen and oxygen atoms in total. The van der Waals surface area contributed by atoms with E-state index in [1.807, 2.05) is 13.8 Å². The van der Waals surface area contributed by atoms with Crippen molar-refractivity contribution in [1.29, 1.82) is 0 Å². The van der Waals surface area contributed by atoms with E-state index in [0.29, 0.717) is 56.3 Å². The molecule has 2 heterocycles. The second kappa shape index (κ2) is 11.7. The summed E-state index contributed by atoms with van der Waals surface area (Å²) in [7, 11) is 4.44. The zero-order valence-electron chi connectivity index (χ0n) is 22.8. The first kappa shape index (κ1) is 27.8. The number of amides is 1. The predicted molar refractivity (Wildman–Crippen MR) is 149 cm³/mol. The number of carbonyl (C=O) groups is 2. The van der Waals surface area contributed by atoms with Crippen LogP contribution >= 0.6 is 11.3 Å². The standard InChI is InChI=1S/C29H31N3O6S/c1-7-31(8-2)27(34)24-17(3)30-29-32(25(24)21-16-20(36-4)13-14-22(21)37-5)26(33)23(39-29)15-18-9-11-19(12-10-18)28(35)38-6/h9-16,25H,7-8H2,1-6H3/b23-15+/t25-/m1/s1. The van der Waals surface area contributed by atoms with Gasteiger partial charge in [0, 0.05) is 18.7 Å². The van der Waals surface area contributed by atoms with Crippen molar-refractivity contribution in [2.75, 3.05) is 34.4 Å². The molecule has 3 aromatic rings. The summed E-state index contributed by atoms with van der Waals surface area (Å²) in [5, 5.41) is 0. The van der Waals surface area contributed by atoms with Gasteiger partial charge in [-0.25, -0.2) is 9.79 Å². The number of ether oxygens (including phenoxy) is 3. The van der Waals surface area contributed by atoms with E-state index in [1.54, 1.807) is 79.2 Å². The molecule has 0 N–H and O–H groups in total. The molecule has 0 unspecified atom stereocenters. The molecule has 0 fully saturated rings. The topological polar surface area (TPSA) is 99.4 Å². The Hall–Kier alpha value is -4.18. The zero-order valence-corrected chi connectivity index (χ0v) is 23.6. The van der Waals surface area contributed by atoms with Crippen LogP contribution < -0.4 is 24.4 Å². The van der Waals surface area contributed by atoms with Crippen molar-refractivity contribution in [1.82, 2.24) is 9.47 Å². The van der Waals surface area contributed by atoms with E-state index in [-0.39, 0.29) is 11.5 Å². The summed E-state index contributed by atoms with van der Waals surface area (Å²) in [6.07, 6.45) is 1.75.